The van der Waals surface area contributed by atoms with E-state index in [0.29, 0.717) is 30.6 Å². The number of amides is 1. The monoisotopic (exact) mass is 330 g/mol. The van der Waals surface area contributed by atoms with Gasteiger partial charge in [0.15, 0.2) is 0 Å². The van der Waals surface area contributed by atoms with Crippen LogP contribution in [0.2, 0.25) is 0 Å². The summed E-state index contributed by atoms with van der Waals surface area (Å²) in [6.07, 6.45) is 5.18. The van der Waals surface area contributed by atoms with Crippen molar-refractivity contribution in [2.24, 2.45) is 0 Å². The third-order valence-corrected chi connectivity index (χ3v) is 4.19. The maximum atomic E-state index is 13.3. The molecular formula is C17H19FN4O2. The van der Waals surface area contributed by atoms with Gasteiger partial charge in [0.2, 0.25) is 5.91 Å². The van der Waals surface area contributed by atoms with E-state index in [0.717, 1.165) is 0 Å². The Hall–Kier alpha value is -2.54. The second kappa shape index (κ2) is 6.52. The van der Waals surface area contributed by atoms with Crippen LogP contribution < -0.4 is 0 Å². The van der Waals surface area contributed by atoms with Crippen LogP contribution in [0.4, 0.5) is 4.39 Å². The van der Waals surface area contributed by atoms with E-state index in [2.05, 4.69) is 10.3 Å². The Morgan fingerprint density at radius 2 is 2.33 bits per heavy atom. The number of allylic oxidation sites excluding steroid dienone is 1. The molecule has 0 aliphatic carbocycles. The highest BCUT2D eigenvalue weighted by Gasteiger charge is 2.38. The first-order chi connectivity index (χ1) is 11.5. The normalized spacial score (nSPS) is 21.3. The van der Waals surface area contributed by atoms with Gasteiger partial charge in [-0.2, -0.15) is 0 Å². The maximum absolute atomic E-state index is 13.3. The van der Waals surface area contributed by atoms with E-state index in [4.69, 9.17) is 0 Å². The lowest BCUT2D eigenvalue weighted by Gasteiger charge is -2.22. The van der Waals surface area contributed by atoms with Gasteiger partial charge in [0.1, 0.15) is 11.4 Å². The van der Waals surface area contributed by atoms with Crippen molar-refractivity contribution in [2.45, 2.75) is 25.5 Å². The van der Waals surface area contributed by atoms with Crippen LogP contribution in [0.5, 0.6) is 0 Å². The molecule has 2 heterocycles. The smallest absolute Gasteiger partial charge is 0.246 e. The number of halogens is 1. The summed E-state index contributed by atoms with van der Waals surface area (Å²) >= 11 is 0. The molecule has 6 nitrogen and oxygen atoms in total. The number of β-amino-alcohol motifs (C(OH)–C–C–N with tert-alkyl or cyclic N) is 1. The summed E-state index contributed by atoms with van der Waals surface area (Å²) in [7, 11) is 0. The number of likely N-dealkylation sites (tertiary alicyclic amines) is 1. The summed E-state index contributed by atoms with van der Waals surface area (Å²) < 4.78 is 14.8. The number of benzene rings is 1. The number of aliphatic hydroxyl groups is 1. The molecule has 0 radical (unpaired) electrons. The Kier molecular flexibility index (Phi) is 4.44. The lowest BCUT2D eigenvalue weighted by molar-refractivity contribution is -0.126. The van der Waals surface area contributed by atoms with E-state index in [9.17, 15) is 14.3 Å². The van der Waals surface area contributed by atoms with Crippen LogP contribution in [0.3, 0.4) is 0 Å². The molecule has 0 bridgehead atoms. The third-order valence-electron chi connectivity index (χ3n) is 4.19. The molecule has 3 rings (SSSR count). The Labute approximate surface area is 139 Å². The fourth-order valence-corrected chi connectivity index (χ4v) is 2.89. The van der Waals surface area contributed by atoms with Crippen molar-refractivity contribution in [2.75, 3.05) is 13.1 Å². The molecule has 7 heteroatoms. The van der Waals surface area contributed by atoms with E-state index in [-0.39, 0.29) is 18.3 Å². The largest absolute Gasteiger partial charge is 0.386 e. The van der Waals surface area contributed by atoms with Crippen molar-refractivity contribution in [3.8, 4) is 0 Å². The summed E-state index contributed by atoms with van der Waals surface area (Å²) in [5, 5.41) is 18.2. The van der Waals surface area contributed by atoms with Crippen LogP contribution in [-0.4, -0.2) is 49.6 Å². The molecular weight excluding hydrogens is 311 g/mol. The molecule has 1 N–H and O–H groups in total. The van der Waals surface area contributed by atoms with E-state index in [1.165, 1.54) is 18.2 Å². The van der Waals surface area contributed by atoms with Crippen LogP contribution in [0.15, 0.2) is 42.7 Å². The number of rotatable bonds is 4. The summed E-state index contributed by atoms with van der Waals surface area (Å²) in [5.41, 5.74) is 0.343. The zero-order chi connectivity index (χ0) is 17.2. The predicted molar refractivity (Wildman–Crippen MR) is 86.2 cm³/mol. The van der Waals surface area contributed by atoms with Gasteiger partial charge in [-0.25, -0.2) is 9.07 Å². The number of hydrogen-bond donors (Lipinski definition) is 1. The van der Waals surface area contributed by atoms with E-state index in [1.807, 2.05) is 0 Å². The molecule has 2 aromatic rings. The van der Waals surface area contributed by atoms with Gasteiger partial charge in [0.05, 0.1) is 19.3 Å². The van der Waals surface area contributed by atoms with Crippen molar-refractivity contribution >= 4 is 11.5 Å². The molecule has 1 saturated heterocycles. The SMILES string of the molecule is C/C(=C\C(=O)N1CCC(O)(Cn2ccnn2)C1)c1cccc(F)c1. The van der Waals surface area contributed by atoms with Gasteiger partial charge in [0, 0.05) is 18.8 Å². The highest BCUT2D eigenvalue weighted by molar-refractivity contribution is 5.95. The number of hydrogen-bond acceptors (Lipinski definition) is 4. The molecule has 24 heavy (non-hydrogen) atoms. The molecule has 1 fully saturated rings. The van der Waals surface area contributed by atoms with Gasteiger partial charge in [-0.3, -0.25) is 4.79 Å². The van der Waals surface area contributed by atoms with E-state index < -0.39 is 5.60 Å². The second-order valence-corrected chi connectivity index (χ2v) is 6.17. The lowest BCUT2D eigenvalue weighted by atomic mass is 10.0. The highest BCUT2D eigenvalue weighted by Crippen LogP contribution is 2.24. The summed E-state index contributed by atoms with van der Waals surface area (Å²) in [6.45, 7) is 2.77. The predicted octanol–water partition coefficient (Wildman–Crippen LogP) is 1.48. The maximum Gasteiger partial charge on any atom is 0.246 e. The Balaban J connectivity index is 1.67. The van der Waals surface area contributed by atoms with Crippen molar-refractivity contribution in [1.29, 1.82) is 0 Å². The van der Waals surface area contributed by atoms with Gasteiger partial charge >= 0.3 is 0 Å². The minimum Gasteiger partial charge on any atom is -0.386 e. The number of carbonyl (C=O) groups is 1. The molecule has 1 aromatic carbocycles. The second-order valence-electron chi connectivity index (χ2n) is 6.17. The molecule has 0 spiro atoms. The van der Waals surface area contributed by atoms with E-state index >= 15 is 0 Å². The fourth-order valence-electron chi connectivity index (χ4n) is 2.89. The van der Waals surface area contributed by atoms with Gasteiger partial charge < -0.3 is 10.0 Å². The molecule has 1 unspecified atom stereocenters. The van der Waals surface area contributed by atoms with Crippen LogP contribution >= 0.6 is 0 Å². The van der Waals surface area contributed by atoms with Gasteiger partial charge in [-0.1, -0.05) is 17.3 Å². The van der Waals surface area contributed by atoms with Gasteiger partial charge in [-0.15, -0.1) is 5.10 Å². The topological polar surface area (TPSA) is 71.2 Å². The van der Waals surface area contributed by atoms with Crippen LogP contribution in [-0.2, 0) is 11.3 Å². The van der Waals surface area contributed by atoms with Crippen LogP contribution in [0, 0.1) is 5.82 Å². The Bertz CT molecular complexity index is 760. The summed E-state index contributed by atoms with van der Waals surface area (Å²) in [4.78, 5) is 14.0. The first kappa shape index (κ1) is 16.3. The zero-order valence-electron chi connectivity index (χ0n) is 13.4. The number of nitrogens with zero attached hydrogens (tertiary/aromatic N) is 4. The average molecular weight is 330 g/mol. The zero-order valence-corrected chi connectivity index (χ0v) is 13.4. The first-order valence-electron chi connectivity index (χ1n) is 7.75. The average Bonchev–Trinajstić information content (AvgIpc) is 3.17. The number of aromatic nitrogens is 3. The molecule has 1 amide bonds. The molecule has 0 saturated carbocycles. The Morgan fingerprint density at radius 3 is 3.04 bits per heavy atom. The van der Waals surface area contributed by atoms with Crippen LogP contribution in [0.1, 0.15) is 18.9 Å². The summed E-state index contributed by atoms with van der Waals surface area (Å²) in [6, 6.07) is 6.12. The molecule has 1 aromatic heterocycles. The van der Waals surface area contributed by atoms with Gasteiger partial charge in [-0.05, 0) is 36.6 Å². The molecule has 1 aliphatic rings. The fraction of sp³-hybridized carbons (Fsp3) is 0.353. The van der Waals surface area contributed by atoms with E-state index in [1.54, 1.807) is 41.0 Å². The molecule has 126 valence electrons. The lowest BCUT2D eigenvalue weighted by Crippen LogP contribution is -2.39. The molecule has 1 aliphatic heterocycles. The van der Waals surface area contributed by atoms with Gasteiger partial charge in [0.25, 0.3) is 0 Å². The quantitative estimate of drug-likeness (QED) is 0.862. The van der Waals surface area contributed by atoms with Crippen molar-refractivity contribution in [3.63, 3.8) is 0 Å². The third kappa shape index (κ3) is 3.68. The first-order valence-corrected chi connectivity index (χ1v) is 7.75. The van der Waals surface area contributed by atoms with Crippen molar-refractivity contribution < 1.29 is 14.3 Å². The summed E-state index contributed by atoms with van der Waals surface area (Å²) in [5.74, 6) is -0.526. The Morgan fingerprint density at radius 1 is 1.50 bits per heavy atom. The minimum atomic E-state index is -1.01. The minimum absolute atomic E-state index is 0.189. The standard InChI is InChI=1S/C17H19FN4O2/c1-13(14-3-2-4-15(18)10-14)9-16(23)21-7-5-17(24,11-21)12-22-8-6-19-20-22/h2-4,6,8-10,24H,5,7,11-12H2,1H3/b13-9+. The van der Waals surface area contributed by atoms with Crippen LogP contribution in [0.25, 0.3) is 5.57 Å². The van der Waals surface area contributed by atoms with Crippen molar-refractivity contribution in [1.82, 2.24) is 19.9 Å². The van der Waals surface area contributed by atoms with Crippen molar-refractivity contribution in [3.05, 3.63) is 54.1 Å². The number of carbonyl (C=O) groups excluding carboxylic acids is 1. The highest BCUT2D eigenvalue weighted by atomic mass is 19.1. The molecule has 1 atom stereocenters.